The molecule has 0 aliphatic carbocycles. The van der Waals surface area contributed by atoms with Gasteiger partial charge in [-0.2, -0.15) is 0 Å². The van der Waals surface area contributed by atoms with Crippen LogP contribution in [0, 0.1) is 13.8 Å². The Hall–Kier alpha value is -2.04. The van der Waals surface area contributed by atoms with Crippen molar-refractivity contribution in [1.82, 2.24) is 0 Å². The highest BCUT2D eigenvalue weighted by molar-refractivity contribution is 6.01. The van der Waals surface area contributed by atoms with E-state index in [2.05, 4.69) is 0 Å². The average Bonchev–Trinajstić information content (AvgIpc) is 2.41. The first-order valence-electron chi connectivity index (χ1n) is 6.94. The SMILES string of the molecule is CCOC(=O)C(C(=O)OCC)c1c(C)cc(C)cc1OC. The van der Waals surface area contributed by atoms with Crippen molar-refractivity contribution in [2.75, 3.05) is 20.3 Å². The number of carbonyl (C=O) groups excluding carboxylic acids is 2. The smallest absolute Gasteiger partial charge is 0.325 e. The molecule has 0 N–H and O–H groups in total. The molecule has 0 atom stereocenters. The molecule has 5 heteroatoms. The van der Waals surface area contributed by atoms with Crippen LogP contribution in [0.5, 0.6) is 5.75 Å². The molecule has 0 heterocycles. The van der Waals surface area contributed by atoms with Gasteiger partial charge in [0, 0.05) is 5.56 Å². The maximum absolute atomic E-state index is 12.2. The lowest BCUT2D eigenvalue weighted by Crippen LogP contribution is -2.27. The molecule has 1 aromatic carbocycles. The summed E-state index contributed by atoms with van der Waals surface area (Å²) < 4.78 is 15.4. The fourth-order valence-electron chi connectivity index (χ4n) is 2.26. The summed E-state index contributed by atoms with van der Waals surface area (Å²) in [6, 6.07) is 3.68. The molecule has 0 fully saturated rings. The Morgan fingerprint density at radius 3 is 2.00 bits per heavy atom. The van der Waals surface area contributed by atoms with E-state index >= 15 is 0 Å². The highest BCUT2D eigenvalue weighted by Gasteiger charge is 2.35. The zero-order valence-corrected chi connectivity index (χ0v) is 13.2. The van der Waals surface area contributed by atoms with E-state index in [1.54, 1.807) is 19.9 Å². The molecule has 0 radical (unpaired) electrons. The first kappa shape index (κ1) is 17.0. The van der Waals surface area contributed by atoms with Gasteiger partial charge in [0.2, 0.25) is 0 Å². The van der Waals surface area contributed by atoms with E-state index in [1.165, 1.54) is 7.11 Å². The lowest BCUT2D eigenvalue weighted by atomic mass is 9.92. The van der Waals surface area contributed by atoms with Crippen LogP contribution < -0.4 is 4.74 Å². The molecular formula is C16H22O5. The topological polar surface area (TPSA) is 61.8 Å². The standard InChI is InChI=1S/C16H22O5/c1-6-20-15(17)14(16(18)21-7-2)13-11(4)8-10(3)9-12(13)19-5/h8-9,14H,6-7H2,1-5H3. The third-order valence-corrected chi connectivity index (χ3v) is 3.05. The molecule has 0 aliphatic rings. The normalized spacial score (nSPS) is 10.4. The van der Waals surface area contributed by atoms with Crippen molar-refractivity contribution in [2.45, 2.75) is 33.6 Å². The summed E-state index contributed by atoms with van der Waals surface area (Å²) in [5, 5.41) is 0. The zero-order chi connectivity index (χ0) is 16.0. The van der Waals surface area contributed by atoms with Gasteiger partial charge in [-0.3, -0.25) is 9.59 Å². The molecule has 0 saturated carbocycles. The van der Waals surface area contributed by atoms with Crippen molar-refractivity contribution in [1.29, 1.82) is 0 Å². The van der Waals surface area contributed by atoms with Crippen LogP contribution in [0.4, 0.5) is 0 Å². The van der Waals surface area contributed by atoms with E-state index in [1.807, 2.05) is 19.9 Å². The largest absolute Gasteiger partial charge is 0.496 e. The average molecular weight is 294 g/mol. The van der Waals surface area contributed by atoms with E-state index in [9.17, 15) is 9.59 Å². The van der Waals surface area contributed by atoms with Gasteiger partial charge in [-0.15, -0.1) is 0 Å². The molecule has 0 aliphatic heterocycles. The third kappa shape index (κ3) is 3.97. The molecule has 0 bridgehead atoms. The lowest BCUT2D eigenvalue weighted by Gasteiger charge is -2.20. The first-order chi connectivity index (χ1) is 9.96. The third-order valence-electron chi connectivity index (χ3n) is 3.05. The number of esters is 2. The monoisotopic (exact) mass is 294 g/mol. The molecule has 0 aromatic heterocycles. The molecule has 116 valence electrons. The van der Waals surface area contributed by atoms with Crippen LogP contribution in [-0.4, -0.2) is 32.3 Å². The van der Waals surface area contributed by atoms with Crippen LogP contribution in [-0.2, 0) is 19.1 Å². The van der Waals surface area contributed by atoms with Crippen LogP contribution in [0.1, 0.15) is 36.5 Å². The van der Waals surface area contributed by atoms with Gasteiger partial charge in [0.05, 0.1) is 20.3 Å². The minimum absolute atomic E-state index is 0.196. The summed E-state index contributed by atoms with van der Waals surface area (Å²) in [7, 11) is 1.51. The zero-order valence-electron chi connectivity index (χ0n) is 13.2. The molecule has 0 spiro atoms. The van der Waals surface area contributed by atoms with Gasteiger partial charge in [-0.25, -0.2) is 0 Å². The molecule has 21 heavy (non-hydrogen) atoms. The van der Waals surface area contributed by atoms with Crippen molar-refractivity contribution in [3.8, 4) is 5.75 Å². The summed E-state index contributed by atoms with van der Waals surface area (Å²) in [6.45, 7) is 7.53. The Morgan fingerprint density at radius 2 is 1.57 bits per heavy atom. The number of hydrogen-bond acceptors (Lipinski definition) is 5. The van der Waals surface area contributed by atoms with E-state index in [0.29, 0.717) is 11.3 Å². The van der Waals surface area contributed by atoms with Crippen LogP contribution in [0.15, 0.2) is 12.1 Å². The quantitative estimate of drug-likeness (QED) is 0.596. The first-order valence-corrected chi connectivity index (χ1v) is 6.94. The highest BCUT2D eigenvalue weighted by atomic mass is 16.6. The molecule has 0 unspecified atom stereocenters. The maximum Gasteiger partial charge on any atom is 0.325 e. The van der Waals surface area contributed by atoms with Gasteiger partial charge in [-0.1, -0.05) is 6.07 Å². The second-order valence-electron chi connectivity index (χ2n) is 4.63. The Bertz CT molecular complexity index is 504. The van der Waals surface area contributed by atoms with E-state index in [-0.39, 0.29) is 13.2 Å². The number of benzene rings is 1. The lowest BCUT2D eigenvalue weighted by molar-refractivity contribution is -0.157. The van der Waals surface area contributed by atoms with Gasteiger partial charge >= 0.3 is 11.9 Å². The van der Waals surface area contributed by atoms with Crippen molar-refractivity contribution >= 4 is 11.9 Å². The van der Waals surface area contributed by atoms with Crippen molar-refractivity contribution in [3.05, 3.63) is 28.8 Å². The van der Waals surface area contributed by atoms with Crippen LogP contribution in [0.25, 0.3) is 0 Å². The predicted molar refractivity (Wildman–Crippen MR) is 78.5 cm³/mol. The van der Waals surface area contributed by atoms with Crippen molar-refractivity contribution < 1.29 is 23.8 Å². The summed E-state index contributed by atoms with van der Waals surface area (Å²) in [6.07, 6.45) is 0. The van der Waals surface area contributed by atoms with Gasteiger partial charge in [0.1, 0.15) is 5.75 Å². The molecule has 0 saturated heterocycles. The van der Waals surface area contributed by atoms with Gasteiger partial charge in [0.25, 0.3) is 0 Å². The summed E-state index contributed by atoms with van der Waals surface area (Å²) in [5.74, 6) is -1.89. The Labute approximate surface area is 125 Å². The maximum atomic E-state index is 12.2. The highest BCUT2D eigenvalue weighted by Crippen LogP contribution is 2.33. The minimum Gasteiger partial charge on any atom is -0.496 e. The molecular weight excluding hydrogens is 272 g/mol. The second kappa shape index (κ2) is 7.67. The summed E-state index contributed by atoms with van der Waals surface area (Å²) in [4.78, 5) is 24.4. The summed E-state index contributed by atoms with van der Waals surface area (Å²) in [5.41, 5.74) is 2.28. The number of carbonyl (C=O) groups is 2. The van der Waals surface area contributed by atoms with Gasteiger partial charge in [-0.05, 0) is 44.9 Å². The van der Waals surface area contributed by atoms with E-state index in [0.717, 1.165) is 11.1 Å². The van der Waals surface area contributed by atoms with Crippen molar-refractivity contribution in [3.63, 3.8) is 0 Å². The van der Waals surface area contributed by atoms with Crippen LogP contribution in [0.2, 0.25) is 0 Å². The predicted octanol–water partition coefficient (Wildman–Crippen LogP) is 2.52. The fourth-order valence-corrected chi connectivity index (χ4v) is 2.26. The number of ether oxygens (including phenoxy) is 3. The van der Waals surface area contributed by atoms with Crippen molar-refractivity contribution in [2.24, 2.45) is 0 Å². The summed E-state index contributed by atoms with van der Waals surface area (Å²) >= 11 is 0. The van der Waals surface area contributed by atoms with E-state index in [4.69, 9.17) is 14.2 Å². The Kier molecular flexibility index (Phi) is 6.21. The second-order valence-corrected chi connectivity index (χ2v) is 4.63. The fraction of sp³-hybridized carbons (Fsp3) is 0.500. The van der Waals surface area contributed by atoms with Crippen LogP contribution >= 0.6 is 0 Å². The van der Waals surface area contributed by atoms with Crippen LogP contribution in [0.3, 0.4) is 0 Å². The number of rotatable bonds is 6. The molecule has 0 amide bonds. The number of hydrogen-bond donors (Lipinski definition) is 0. The van der Waals surface area contributed by atoms with Gasteiger partial charge in [0.15, 0.2) is 5.92 Å². The molecule has 1 aromatic rings. The van der Waals surface area contributed by atoms with Gasteiger partial charge < -0.3 is 14.2 Å². The Morgan fingerprint density at radius 1 is 1.05 bits per heavy atom. The Balaban J connectivity index is 3.38. The van der Waals surface area contributed by atoms with E-state index < -0.39 is 17.9 Å². The number of methoxy groups -OCH3 is 1. The minimum atomic E-state index is -1.12. The molecule has 1 rings (SSSR count). The number of aryl methyl sites for hydroxylation is 2. The molecule has 5 nitrogen and oxygen atoms in total.